The Kier molecular flexibility index (Phi) is 16.4. The molecule has 1 aromatic rings. The summed E-state index contributed by atoms with van der Waals surface area (Å²) in [5, 5.41) is 7.83. The van der Waals surface area contributed by atoms with Crippen LogP contribution in [0, 0.1) is 0 Å². The van der Waals surface area contributed by atoms with E-state index in [9.17, 15) is 9.59 Å². The lowest BCUT2D eigenvalue weighted by molar-refractivity contribution is -0.131. The molecule has 0 atom stereocenters. The monoisotopic (exact) mass is 293 g/mol. The van der Waals surface area contributed by atoms with Crippen LogP contribution in [0.25, 0.3) is 0 Å². The van der Waals surface area contributed by atoms with Crippen molar-refractivity contribution in [3.63, 3.8) is 0 Å². The second kappa shape index (κ2) is 16.1. The molecule has 0 radical (unpaired) electrons. The fourth-order valence-corrected chi connectivity index (χ4v) is 1.39. The Balaban J connectivity index is 0. The van der Waals surface area contributed by atoms with Crippen LogP contribution in [0.2, 0.25) is 0 Å². The summed E-state index contributed by atoms with van der Waals surface area (Å²) in [6.07, 6.45) is 4.13. The van der Waals surface area contributed by atoms with Crippen LogP contribution in [-0.2, 0) is 16.1 Å². The Morgan fingerprint density at radius 2 is 1.81 bits per heavy atom. The topological polar surface area (TPSA) is 57.6 Å². The van der Waals surface area contributed by atoms with Crippen molar-refractivity contribution in [2.24, 2.45) is 0 Å². The molecule has 4 nitrogen and oxygen atoms in total. The predicted octanol–water partition coefficient (Wildman–Crippen LogP) is 3.38. The van der Waals surface area contributed by atoms with Gasteiger partial charge < -0.3 is 14.8 Å². The molecule has 4 heteroatoms. The summed E-state index contributed by atoms with van der Waals surface area (Å²) >= 11 is 0. The molecule has 0 bridgehead atoms. The highest BCUT2D eigenvalue weighted by Gasteiger charge is 1.97. The number of carboxylic acid groups (broad SMARTS) is 1. The summed E-state index contributed by atoms with van der Waals surface area (Å²) in [7, 11) is 2.02. The lowest BCUT2D eigenvalue weighted by atomic mass is 10.2. The summed E-state index contributed by atoms with van der Waals surface area (Å²) in [4.78, 5) is 21.8. The lowest BCUT2D eigenvalue weighted by Gasteiger charge is -2.14. The molecule has 0 fully saturated rings. The number of benzene rings is 1. The van der Waals surface area contributed by atoms with Crippen molar-refractivity contribution in [1.82, 2.24) is 4.90 Å². The van der Waals surface area contributed by atoms with Crippen molar-refractivity contribution in [1.29, 1.82) is 0 Å². The molecule has 0 saturated heterocycles. The van der Waals surface area contributed by atoms with Crippen LogP contribution < -0.4 is 0 Å². The number of carbonyl (C=O) groups is 2. The second-order valence-electron chi connectivity index (χ2n) is 4.02. The normalized spacial score (nSPS) is 9.38. The molecule has 0 aromatic heterocycles. The van der Waals surface area contributed by atoms with Crippen LogP contribution in [0.5, 0.6) is 0 Å². The lowest BCUT2D eigenvalue weighted by Crippen LogP contribution is -2.19. The quantitative estimate of drug-likeness (QED) is 0.645. The number of nitrogens with zero attached hydrogens (tertiary/aromatic N) is 1. The smallest absolute Gasteiger partial charge is 0.327 e. The third-order valence-corrected chi connectivity index (χ3v) is 2.23. The Morgan fingerprint density at radius 3 is 2.19 bits per heavy atom. The number of aldehydes is 1. The van der Waals surface area contributed by atoms with Crippen molar-refractivity contribution in [3.05, 3.63) is 48.0 Å². The molecule has 0 aliphatic rings. The zero-order valence-electron chi connectivity index (χ0n) is 13.5. The van der Waals surface area contributed by atoms with E-state index in [2.05, 4.69) is 17.0 Å². The van der Waals surface area contributed by atoms with E-state index in [1.54, 1.807) is 6.92 Å². The number of allylic oxidation sites excluding steroid dienone is 1. The highest BCUT2D eigenvalue weighted by Crippen LogP contribution is 2.02. The highest BCUT2D eigenvalue weighted by atomic mass is 16.4. The van der Waals surface area contributed by atoms with Crippen LogP contribution in [0.4, 0.5) is 0 Å². The van der Waals surface area contributed by atoms with E-state index >= 15 is 0 Å². The van der Waals surface area contributed by atoms with Gasteiger partial charge in [0.25, 0.3) is 0 Å². The first kappa shape index (κ1) is 21.4. The standard InChI is InChI=1S/C11H15NO.C4H6O2.C2H6/c1-12(8-5-9-13)10-11-6-3-2-4-7-11;1-2-3-4(5)6;1-2/h2-4,6-7,9H,5,8,10H2,1H3;2-3H,1H3,(H,5,6);1-2H3. The molecule has 118 valence electrons. The molecule has 0 saturated carbocycles. The van der Waals surface area contributed by atoms with Gasteiger partial charge in [-0.2, -0.15) is 0 Å². The Bertz CT molecular complexity index is 388. The summed E-state index contributed by atoms with van der Waals surface area (Å²) in [5.74, 6) is -0.891. The molecular weight excluding hydrogens is 266 g/mol. The van der Waals surface area contributed by atoms with Crippen LogP contribution in [0.3, 0.4) is 0 Å². The molecular formula is C17H27NO3. The maximum atomic E-state index is 10.1. The molecule has 0 unspecified atom stereocenters. The first-order valence-electron chi connectivity index (χ1n) is 7.11. The largest absolute Gasteiger partial charge is 0.478 e. The molecule has 0 amide bonds. The summed E-state index contributed by atoms with van der Waals surface area (Å²) in [5.41, 5.74) is 1.29. The van der Waals surface area contributed by atoms with Gasteiger partial charge in [0.15, 0.2) is 0 Å². The van der Waals surface area contributed by atoms with Crippen molar-refractivity contribution in [3.8, 4) is 0 Å². The molecule has 0 spiro atoms. The Labute approximate surface area is 128 Å². The number of carbonyl (C=O) groups excluding carboxylic acids is 1. The zero-order valence-corrected chi connectivity index (χ0v) is 13.5. The van der Waals surface area contributed by atoms with Gasteiger partial charge in [0.05, 0.1) is 0 Å². The zero-order chi connectivity index (χ0) is 16.5. The third kappa shape index (κ3) is 16.0. The van der Waals surface area contributed by atoms with Gasteiger partial charge in [-0.05, 0) is 19.5 Å². The molecule has 0 heterocycles. The van der Waals surface area contributed by atoms with E-state index < -0.39 is 5.97 Å². The molecule has 1 N–H and O–H groups in total. The van der Waals surface area contributed by atoms with Gasteiger partial charge >= 0.3 is 5.97 Å². The van der Waals surface area contributed by atoms with E-state index in [4.69, 9.17) is 5.11 Å². The van der Waals surface area contributed by atoms with Crippen molar-refractivity contribution in [2.45, 2.75) is 33.7 Å². The van der Waals surface area contributed by atoms with Crippen molar-refractivity contribution in [2.75, 3.05) is 13.6 Å². The minimum Gasteiger partial charge on any atom is -0.478 e. The minimum absolute atomic E-state index is 0.614. The predicted molar refractivity (Wildman–Crippen MR) is 87.3 cm³/mol. The van der Waals surface area contributed by atoms with Crippen molar-refractivity contribution < 1.29 is 14.7 Å². The van der Waals surface area contributed by atoms with E-state index in [1.165, 1.54) is 11.6 Å². The SMILES string of the molecule is CC.CC=CC(=O)O.CN(CCC=O)Cc1ccccc1. The fourth-order valence-electron chi connectivity index (χ4n) is 1.39. The van der Waals surface area contributed by atoms with Gasteiger partial charge in [-0.1, -0.05) is 50.3 Å². The summed E-state index contributed by atoms with van der Waals surface area (Å²) < 4.78 is 0. The third-order valence-electron chi connectivity index (χ3n) is 2.23. The summed E-state index contributed by atoms with van der Waals surface area (Å²) in [6, 6.07) is 10.3. The summed E-state index contributed by atoms with van der Waals surface area (Å²) in [6.45, 7) is 7.40. The second-order valence-corrected chi connectivity index (χ2v) is 4.02. The Hall–Kier alpha value is -1.94. The number of hydrogen-bond acceptors (Lipinski definition) is 3. The number of rotatable bonds is 6. The number of carboxylic acids is 1. The molecule has 21 heavy (non-hydrogen) atoms. The van der Waals surface area contributed by atoms with Gasteiger partial charge in [0.2, 0.25) is 0 Å². The molecule has 1 rings (SSSR count). The molecule has 0 aliphatic heterocycles. The maximum Gasteiger partial charge on any atom is 0.327 e. The molecule has 0 aliphatic carbocycles. The van der Waals surface area contributed by atoms with Crippen LogP contribution in [0.1, 0.15) is 32.8 Å². The van der Waals surface area contributed by atoms with Crippen LogP contribution >= 0.6 is 0 Å². The van der Waals surface area contributed by atoms with Crippen molar-refractivity contribution >= 4 is 12.3 Å². The van der Waals surface area contributed by atoms with E-state index in [0.29, 0.717) is 6.42 Å². The average molecular weight is 293 g/mol. The average Bonchev–Trinajstić information content (AvgIpc) is 2.49. The van der Waals surface area contributed by atoms with Gasteiger partial charge in [0.1, 0.15) is 6.29 Å². The highest BCUT2D eigenvalue weighted by molar-refractivity contribution is 5.79. The van der Waals surface area contributed by atoms with Gasteiger partial charge in [-0.15, -0.1) is 0 Å². The van der Waals surface area contributed by atoms with E-state index in [1.807, 2.05) is 39.1 Å². The number of hydrogen-bond donors (Lipinski definition) is 1. The van der Waals surface area contributed by atoms with E-state index in [-0.39, 0.29) is 0 Å². The minimum atomic E-state index is -0.891. The van der Waals surface area contributed by atoms with E-state index in [0.717, 1.165) is 25.5 Å². The first-order chi connectivity index (χ1) is 10.1. The fraction of sp³-hybridized carbons (Fsp3) is 0.412. The van der Waals surface area contributed by atoms with Gasteiger partial charge in [-0.3, -0.25) is 0 Å². The van der Waals surface area contributed by atoms with Gasteiger partial charge in [0, 0.05) is 25.6 Å². The first-order valence-corrected chi connectivity index (χ1v) is 7.11. The van der Waals surface area contributed by atoms with Crippen LogP contribution in [0.15, 0.2) is 42.5 Å². The van der Waals surface area contributed by atoms with Gasteiger partial charge in [-0.25, -0.2) is 4.79 Å². The van der Waals surface area contributed by atoms with Crippen LogP contribution in [-0.4, -0.2) is 35.9 Å². The Morgan fingerprint density at radius 1 is 1.24 bits per heavy atom. The molecule has 1 aromatic carbocycles. The maximum absolute atomic E-state index is 10.1. The number of aliphatic carboxylic acids is 1.